The second-order valence-corrected chi connectivity index (χ2v) is 4.79. The lowest BCUT2D eigenvalue weighted by Gasteiger charge is -2.23. The normalized spacial score (nSPS) is 18.2. The molecule has 1 aliphatic rings. The van der Waals surface area contributed by atoms with Crippen molar-refractivity contribution >= 4 is 5.69 Å². The van der Waals surface area contributed by atoms with Gasteiger partial charge in [0.1, 0.15) is 0 Å². The van der Waals surface area contributed by atoms with Gasteiger partial charge in [0.2, 0.25) is 5.82 Å². The zero-order chi connectivity index (χ0) is 12.5. The van der Waals surface area contributed by atoms with Crippen LogP contribution < -0.4 is 5.73 Å². The average molecular weight is 238 g/mol. The Kier molecular flexibility index (Phi) is 3.11. The number of nitro benzene ring substituents is 1. The number of nitrogens with two attached hydrogens (primary N) is 1. The summed E-state index contributed by atoms with van der Waals surface area (Å²) in [5.74, 6) is -0.783. The smallest absolute Gasteiger partial charge is 0.304 e. The van der Waals surface area contributed by atoms with E-state index < -0.39 is 16.4 Å². The third-order valence-corrected chi connectivity index (χ3v) is 3.36. The molecule has 0 unspecified atom stereocenters. The third-order valence-electron chi connectivity index (χ3n) is 3.36. The molecule has 1 aliphatic carbocycles. The minimum absolute atomic E-state index is 0.261. The van der Waals surface area contributed by atoms with Gasteiger partial charge in [-0.2, -0.15) is 4.39 Å². The van der Waals surface area contributed by atoms with Gasteiger partial charge < -0.3 is 5.73 Å². The first-order valence-corrected chi connectivity index (χ1v) is 5.72. The van der Waals surface area contributed by atoms with Crippen molar-refractivity contribution in [3.8, 4) is 0 Å². The lowest BCUT2D eigenvalue weighted by Crippen LogP contribution is -2.38. The van der Waals surface area contributed by atoms with E-state index in [0.717, 1.165) is 31.2 Å². The molecule has 4 nitrogen and oxygen atoms in total. The van der Waals surface area contributed by atoms with Crippen molar-refractivity contribution in [1.29, 1.82) is 0 Å². The summed E-state index contributed by atoms with van der Waals surface area (Å²) in [5.41, 5.74) is 6.17. The highest BCUT2D eigenvalue weighted by molar-refractivity contribution is 5.35. The predicted molar refractivity (Wildman–Crippen MR) is 62.1 cm³/mol. The van der Waals surface area contributed by atoms with Crippen LogP contribution in [0, 0.1) is 15.9 Å². The van der Waals surface area contributed by atoms with Gasteiger partial charge in [-0.25, -0.2) is 0 Å². The van der Waals surface area contributed by atoms with Crippen molar-refractivity contribution < 1.29 is 9.31 Å². The summed E-state index contributed by atoms with van der Waals surface area (Å²) in [6, 6.07) is 4.03. The van der Waals surface area contributed by atoms with Gasteiger partial charge in [-0.1, -0.05) is 18.9 Å². The molecule has 0 aliphatic heterocycles. The second-order valence-electron chi connectivity index (χ2n) is 4.79. The van der Waals surface area contributed by atoms with E-state index in [-0.39, 0.29) is 5.54 Å². The first-order valence-electron chi connectivity index (χ1n) is 5.72. The van der Waals surface area contributed by atoms with Crippen LogP contribution in [-0.4, -0.2) is 10.5 Å². The van der Waals surface area contributed by atoms with E-state index in [1.807, 2.05) is 0 Å². The largest absolute Gasteiger partial charge is 0.325 e. The molecule has 0 saturated heterocycles. The van der Waals surface area contributed by atoms with Gasteiger partial charge in [0.05, 0.1) is 4.92 Å². The Morgan fingerprint density at radius 3 is 2.59 bits per heavy atom. The molecular weight excluding hydrogens is 223 g/mol. The molecule has 1 saturated carbocycles. The fourth-order valence-electron chi connectivity index (χ4n) is 2.47. The van der Waals surface area contributed by atoms with Crippen LogP contribution in [0.3, 0.4) is 0 Å². The van der Waals surface area contributed by atoms with Crippen LogP contribution in [0.15, 0.2) is 18.2 Å². The number of halogens is 1. The number of benzene rings is 1. The van der Waals surface area contributed by atoms with Crippen molar-refractivity contribution in [3.63, 3.8) is 0 Å². The van der Waals surface area contributed by atoms with Gasteiger partial charge in [0.15, 0.2) is 0 Å². The first-order chi connectivity index (χ1) is 8.00. The number of rotatable bonds is 3. The number of hydrogen-bond donors (Lipinski definition) is 1. The predicted octanol–water partition coefficient (Wildman–Crippen LogP) is 2.55. The molecule has 0 amide bonds. The SMILES string of the molecule is NC1(Cc2ccc([N+](=O)[O-])c(F)c2)CCCC1. The van der Waals surface area contributed by atoms with E-state index in [1.54, 1.807) is 6.07 Å². The van der Waals surface area contributed by atoms with Crippen LogP contribution in [0.4, 0.5) is 10.1 Å². The summed E-state index contributed by atoms with van der Waals surface area (Å²) in [6.45, 7) is 0. The van der Waals surface area contributed by atoms with Crippen LogP contribution in [0.1, 0.15) is 31.2 Å². The summed E-state index contributed by atoms with van der Waals surface area (Å²) in [5, 5.41) is 10.5. The molecule has 17 heavy (non-hydrogen) atoms. The van der Waals surface area contributed by atoms with E-state index in [1.165, 1.54) is 12.1 Å². The maximum absolute atomic E-state index is 13.4. The van der Waals surface area contributed by atoms with Crippen molar-refractivity contribution in [2.75, 3.05) is 0 Å². The zero-order valence-electron chi connectivity index (χ0n) is 9.49. The van der Waals surface area contributed by atoms with E-state index in [9.17, 15) is 14.5 Å². The van der Waals surface area contributed by atoms with E-state index in [4.69, 9.17) is 5.73 Å². The van der Waals surface area contributed by atoms with Crippen LogP contribution in [0.2, 0.25) is 0 Å². The summed E-state index contributed by atoms with van der Waals surface area (Å²) in [7, 11) is 0. The van der Waals surface area contributed by atoms with Crippen LogP contribution in [0.5, 0.6) is 0 Å². The standard InChI is InChI=1S/C12H15FN2O2/c13-10-7-9(3-4-11(10)15(16)17)8-12(14)5-1-2-6-12/h3-4,7H,1-2,5-6,8,14H2. The van der Waals surface area contributed by atoms with Gasteiger partial charge in [-0.05, 0) is 30.9 Å². The monoisotopic (exact) mass is 238 g/mol. The second kappa shape index (κ2) is 4.41. The maximum atomic E-state index is 13.4. The Morgan fingerprint density at radius 1 is 1.41 bits per heavy atom. The molecule has 1 fully saturated rings. The highest BCUT2D eigenvalue weighted by Gasteiger charge is 2.29. The Balaban J connectivity index is 2.17. The van der Waals surface area contributed by atoms with Gasteiger partial charge in [-0.3, -0.25) is 10.1 Å². The third kappa shape index (κ3) is 2.61. The molecule has 2 N–H and O–H groups in total. The molecule has 0 aromatic heterocycles. The van der Waals surface area contributed by atoms with Crippen LogP contribution >= 0.6 is 0 Å². The van der Waals surface area contributed by atoms with Crippen LogP contribution in [0.25, 0.3) is 0 Å². The molecule has 92 valence electrons. The Bertz CT molecular complexity index is 442. The number of hydrogen-bond acceptors (Lipinski definition) is 3. The molecule has 1 aromatic rings. The lowest BCUT2D eigenvalue weighted by molar-refractivity contribution is -0.387. The van der Waals surface area contributed by atoms with Gasteiger partial charge in [-0.15, -0.1) is 0 Å². The Hall–Kier alpha value is -1.49. The number of nitro groups is 1. The van der Waals surface area contributed by atoms with E-state index in [2.05, 4.69) is 0 Å². The summed E-state index contributed by atoms with van der Waals surface area (Å²) < 4.78 is 13.4. The first kappa shape index (κ1) is 12.0. The quantitative estimate of drug-likeness (QED) is 0.649. The maximum Gasteiger partial charge on any atom is 0.304 e. The van der Waals surface area contributed by atoms with Crippen molar-refractivity contribution in [2.45, 2.75) is 37.6 Å². The molecule has 5 heteroatoms. The minimum atomic E-state index is -0.783. The fraction of sp³-hybridized carbons (Fsp3) is 0.500. The minimum Gasteiger partial charge on any atom is -0.325 e. The molecule has 0 heterocycles. The van der Waals surface area contributed by atoms with Gasteiger partial charge in [0, 0.05) is 11.6 Å². The van der Waals surface area contributed by atoms with E-state index in [0.29, 0.717) is 6.42 Å². The van der Waals surface area contributed by atoms with Crippen molar-refractivity contribution in [3.05, 3.63) is 39.7 Å². The van der Waals surface area contributed by atoms with Crippen LogP contribution in [-0.2, 0) is 6.42 Å². The molecule has 1 aromatic carbocycles. The molecule has 0 spiro atoms. The molecule has 2 rings (SSSR count). The lowest BCUT2D eigenvalue weighted by atomic mass is 9.90. The van der Waals surface area contributed by atoms with Gasteiger partial charge in [0.25, 0.3) is 0 Å². The highest BCUT2D eigenvalue weighted by Crippen LogP contribution is 2.31. The van der Waals surface area contributed by atoms with E-state index >= 15 is 0 Å². The van der Waals surface area contributed by atoms with Gasteiger partial charge >= 0.3 is 5.69 Å². The number of nitrogens with zero attached hydrogens (tertiary/aromatic N) is 1. The molecule has 0 bridgehead atoms. The Morgan fingerprint density at radius 2 is 2.06 bits per heavy atom. The Labute approximate surface area is 98.8 Å². The summed E-state index contributed by atoms with van der Waals surface area (Å²) >= 11 is 0. The van der Waals surface area contributed by atoms with Crippen molar-refractivity contribution in [2.24, 2.45) is 5.73 Å². The summed E-state index contributed by atoms with van der Waals surface area (Å²) in [6.07, 6.45) is 4.66. The molecule has 0 radical (unpaired) electrons. The topological polar surface area (TPSA) is 69.2 Å². The fourth-order valence-corrected chi connectivity index (χ4v) is 2.47. The average Bonchev–Trinajstić information content (AvgIpc) is 2.64. The molecule has 0 atom stereocenters. The zero-order valence-corrected chi connectivity index (χ0v) is 9.49. The highest BCUT2D eigenvalue weighted by atomic mass is 19.1. The summed E-state index contributed by atoms with van der Waals surface area (Å²) in [4.78, 5) is 9.77. The molecular formula is C12H15FN2O2. The van der Waals surface area contributed by atoms with Crippen molar-refractivity contribution in [1.82, 2.24) is 0 Å².